The van der Waals surface area contributed by atoms with Crippen LogP contribution in [-0.2, 0) is 4.74 Å². The predicted molar refractivity (Wildman–Crippen MR) is 131 cm³/mol. The van der Waals surface area contributed by atoms with Gasteiger partial charge in [-0.3, -0.25) is 4.79 Å². The Morgan fingerprint density at radius 1 is 1.03 bits per heavy atom. The Morgan fingerprint density at radius 2 is 1.74 bits per heavy atom. The van der Waals surface area contributed by atoms with Gasteiger partial charge in [-0.2, -0.15) is 10.5 Å². The maximum absolute atomic E-state index is 13.4. The molecule has 0 bridgehead atoms. The van der Waals surface area contributed by atoms with Gasteiger partial charge in [0.25, 0.3) is 5.91 Å². The third-order valence-electron chi connectivity index (χ3n) is 7.19. The molecule has 5 rings (SSSR count). The number of amides is 1. The largest absolute Gasteiger partial charge is 0.381 e. The number of hydrogen-bond acceptors (Lipinski definition) is 5. The second-order valence-electron chi connectivity index (χ2n) is 9.47. The SMILES string of the molecule is Cc1cc(C)c(-c2[nH]c(C3CCOCC3)nc2C#N)cc1C(=O)N1CC(c2ccc(C#N)cc2)C1. The monoisotopic (exact) mass is 465 g/mol. The number of nitrogens with one attached hydrogen (secondary N) is 1. The molecule has 1 aromatic heterocycles. The maximum Gasteiger partial charge on any atom is 0.254 e. The summed E-state index contributed by atoms with van der Waals surface area (Å²) in [6.07, 6.45) is 1.76. The van der Waals surface area contributed by atoms with E-state index in [1.54, 1.807) is 0 Å². The van der Waals surface area contributed by atoms with E-state index in [2.05, 4.69) is 22.1 Å². The molecule has 0 atom stereocenters. The summed E-state index contributed by atoms with van der Waals surface area (Å²) in [6, 6.07) is 15.9. The van der Waals surface area contributed by atoms with Gasteiger partial charge < -0.3 is 14.6 Å². The molecule has 1 amide bonds. The normalized spacial score (nSPS) is 16.4. The first kappa shape index (κ1) is 22.8. The summed E-state index contributed by atoms with van der Waals surface area (Å²) in [5.74, 6) is 1.34. The zero-order chi connectivity index (χ0) is 24.5. The number of hydrogen-bond donors (Lipinski definition) is 1. The quantitative estimate of drug-likeness (QED) is 0.607. The number of ether oxygens (including phenoxy) is 1. The molecule has 0 saturated carbocycles. The molecular weight excluding hydrogens is 438 g/mol. The molecule has 1 N–H and O–H groups in total. The standard InChI is InChI=1S/C28H27N5O2/c1-17-11-18(2)24(28(34)33-15-22(16-33)20-5-3-19(13-29)4-6-20)12-23(17)26-25(14-30)31-27(32-26)21-7-9-35-10-8-21/h3-6,11-12,21-22H,7-10,15-16H2,1-2H3,(H,31,32). The number of likely N-dealkylation sites (tertiary alicyclic amines) is 1. The summed E-state index contributed by atoms with van der Waals surface area (Å²) >= 11 is 0. The van der Waals surface area contributed by atoms with Gasteiger partial charge in [0, 0.05) is 49.3 Å². The molecule has 2 aromatic carbocycles. The van der Waals surface area contributed by atoms with E-state index in [-0.39, 0.29) is 17.7 Å². The van der Waals surface area contributed by atoms with Crippen LogP contribution in [0.15, 0.2) is 36.4 Å². The minimum absolute atomic E-state index is 0.00341. The maximum atomic E-state index is 13.4. The molecule has 2 aliphatic rings. The molecular formula is C28H27N5O2. The van der Waals surface area contributed by atoms with E-state index in [0.717, 1.165) is 40.9 Å². The highest BCUT2D eigenvalue weighted by molar-refractivity contribution is 5.98. The number of carbonyl (C=O) groups excluding carboxylic acids is 1. The lowest BCUT2D eigenvalue weighted by Crippen LogP contribution is -2.48. The Balaban J connectivity index is 1.39. The lowest BCUT2D eigenvalue weighted by molar-refractivity contribution is 0.0601. The molecule has 0 radical (unpaired) electrons. The Kier molecular flexibility index (Phi) is 6.11. The minimum Gasteiger partial charge on any atom is -0.381 e. The van der Waals surface area contributed by atoms with Gasteiger partial charge in [-0.05, 0) is 61.6 Å². The van der Waals surface area contributed by atoms with Gasteiger partial charge in [0.2, 0.25) is 0 Å². The van der Waals surface area contributed by atoms with Gasteiger partial charge in [-0.1, -0.05) is 18.2 Å². The van der Waals surface area contributed by atoms with Crippen LogP contribution in [0.4, 0.5) is 0 Å². The molecule has 2 aliphatic heterocycles. The number of H-pyrrole nitrogens is 1. The van der Waals surface area contributed by atoms with E-state index in [0.29, 0.717) is 48.8 Å². The fraction of sp³-hybridized carbons (Fsp3) is 0.357. The van der Waals surface area contributed by atoms with Gasteiger partial charge in [-0.25, -0.2) is 4.98 Å². The van der Waals surface area contributed by atoms with Crippen molar-refractivity contribution in [2.24, 2.45) is 0 Å². The number of aryl methyl sites for hydroxylation is 2. The number of nitrogens with zero attached hydrogens (tertiary/aromatic N) is 4. The van der Waals surface area contributed by atoms with Gasteiger partial charge >= 0.3 is 0 Å². The van der Waals surface area contributed by atoms with Crippen molar-refractivity contribution >= 4 is 5.91 Å². The van der Waals surface area contributed by atoms with E-state index >= 15 is 0 Å². The zero-order valence-corrected chi connectivity index (χ0v) is 20.0. The molecule has 3 heterocycles. The number of nitriles is 2. The summed E-state index contributed by atoms with van der Waals surface area (Å²) in [5.41, 5.74) is 6.23. The van der Waals surface area contributed by atoms with Crippen LogP contribution in [0, 0.1) is 36.5 Å². The number of aromatic amines is 1. The Bertz CT molecular complexity index is 1350. The summed E-state index contributed by atoms with van der Waals surface area (Å²) in [6.45, 7) is 6.64. The fourth-order valence-corrected chi connectivity index (χ4v) is 5.04. The number of benzene rings is 2. The van der Waals surface area contributed by atoms with Crippen molar-refractivity contribution in [1.29, 1.82) is 10.5 Å². The second kappa shape index (κ2) is 9.37. The highest BCUT2D eigenvalue weighted by Crippen LogP contribution is 2.34. The Labute approximate surface area is 205 Å². The Morgan fingerprint density at radius 3 is 2.40 bits per heavy atom. The van der Waals surface area contributed by atoms with Crippen LogP contribution in [0.25, 0.3) is 11.3 Å². The lowest BCUT2D eigenvalue weighted by atomic mass is 9.89. The molecule has 35 heavy (non-hydrogen) atoms. The lowest BCUT2D eigenvalue weighted by Gasteiger charge is -2.40. The van der Waals surface area contributed by atoms with E-state index in [4.69, 9.17) is 10.00 Å². The number of imidazole rings is 1. The third-order valence-corrected chi connectivity index (χ3v) is 7.19. The average Bonchev–Trinajstić information content (AvgIpc) is 3.28. The molecule has 2 fully saturated rings. The van der Waals surface area contributed by atoms with Crippen molar-refractivity contribution in [1.82, 2.24) is 14.9 Å². The van der Waals surface area contributed by atoms with Crippen molar-refractivity contribution in [3.63, 3.8) is 0 Å². The number of rotatable bonds is 4. The summed E-state index contributed by atoms with van der Waals surface area (Å²) in [5, 5.41) is 18.8. The van der Waals surface area contributed by atoms with Crippen LogP contribution < -0.4 is 0 Å². The summed E-state index contributed by atoms with van der Waals surface area (Å²) < 4.78 is 5.47. The van der Waals surface area contributed by atoms with Crippen LogP contribution in [0.1, 0.15) is 68.8 Å². The first-order chi connectivity index (χ1) is 17.0. The minimum atomic E-state index is -0.00341. The fourth-order valence-electron chi connectivity index (χ4n) is 5.04. The van der Waals surface area contributed by atoms with E-state index in [1.165, 1.54) is 0 Å². The van der Waals surface area contributed by atoms with Gasteiger partial charge in [0.1, 0.15) is 11.9 Å². The molecule has 176 valence electrons. The highest BCUT2D eigenvalue weighted by atomic mass is 16.5. The number of carbonyl (C=O) groups is 1. The Hall–Kier alpha value is -3.94. The molecule has 0 spiro atoms. The smallest absolute Gasteiger partial charge is 0.254 e. The molecule has 7 nitrogen and oxygen atoms in total. The number of aromatic nitrogens is 2. The first-order valence-electron chi connectivity index (χ1n) is 12.0. The zero-order valence-electron chi connectivity index (χ0n) is 20.0. The van der Waals surface area contributed by atoms with Crippen LogP contribution in [0.3, 0.4) is 0 Å². The van der Waals surface area contributed by atoms with Crippen molar-refractivity contribution in [2.75, 3.05) is 26.3 Å². The predicted octanol–water partition coefficient (Wildman–Crippen LogP) is 4.57. The van der Waals surface area contributed by atoms with E-state index in [1.807, 2.05) is 55.1 Å². The highest BCUT2D eigenvalue weighted by Gasteiger charge is 2.33. The van der Waals surface area contributed by atoms with Crippen LogP contribution in [0.2, 0.25) is 0 Å². The molecule has 0 aliphatic carbocycles. The molecule has 0 unspecified atom stereocenters. The van der Waals surface area contributed by atoms with Gasteiger partial charge in [0.05, 0.1) is 17.3 Å². The van der Waals surface area contributed by atoms with Gasteiger partial charge in [0.15, 0.2) is 5.69 Å². The van der Waals surface area contributed by atoms with Crippen molar-refractivity contribution in [3.05, 3.63) is 75.7 Å². The van der Waals surface area contributed by atoms with Crippen LogP contribution in [-0.4, -0.2) is 47.1 Å². The summed E-state index contributed by atoms with van der Waals surface area (Å²) in [4.78, 5) is 23.3. The van der Waals surface area contributed by atoms with Crippen LogP contribution >= 0.6 is 0 Å². The van der Waals surface area contributed by atoms with E-state index < -0.39 is 0 Å². The average molecular weight is 466 g/mol. The summed E-state index contributed by atoms with van der Waals surface area (Å²) in [7, 11) is 0. The topological polar surface area (TPSA) is 106 Å². The third kappa shape index (κ3) is 4.32. The molecule has 3 aromatic rings. The second-order valence-corrected chi connectivity index (χ2v) is 9.47. The first-order valence-corrected chi connectivity index (χ1v) is 12.0. The van der Waals surface area contributed by atoms with Crippen molar-refractivity contribution < 1.29 is 9.53 Å². The van der Waals surface area contributed by atoms with Crippen LogP contribution in [0.5, 0.6) is 0 Å². The molecule has 2 saturated heterocycles. The molecule has 7 heteroatoms. The van der Waals surface area contributed by atoms with E-state index in [9.17, 15) is 10.1 Å². The van der Waals surface area contributed by atoms with Crippen molar-refractivity contribution in [2.45, 2.75) is 38.5 Å². The van der Waals surface area contributed by atoms with Crippen molar-refractivity contribution in [3.8, 4) is 23.4 Å². The van der Waals surface area contributed by atoms with Gasteiger partial charge in [-0.15, -0.1) is 0 Å².